The zero-order valence-electron chi connectivity index (χ0n) is 12.3. The van der Waals surface area contributed by atoms with E-state index in [0.717, 1.165) is 19.1 Å². The van der Waals surface area contributed by atoms with Crippen LogP contribution in [-0.4, -0.2) is 54.4 Å². The van der Waals surface area contributed by atoms with Crippen LogP contribution < -0.4 is 4.72 Å². The Morgan fingerprint density at radius 1 is 1.48 bits per heavy atom. The van der Waals surface area contributed by atoms with Crippen LogP contribution in [0.5, 0.6) is 0 Å². The van der Waals surface area contributed by atoms with E-state index in [1.807, 2.05) is 0 Å². The highest BCUT2D eigenvalue weighted by molar-refractivity contribution is 7.88. The molecule has 0 bridgehead atoms. The number of carbonyl (C=O) groups is 1. The number of hydrogen-bond donors (Lipinski definition) is 1. The topological polar surface area (TPSA) is 84.3 Å². The van der Waals surface area contributed by atoms with Crippen molar-refractivity contribution >= 4 is 27.5 Å². The minimum Gasteiger partial charge on any atom is -0.337 e. The van der Waals surface area contributed by atoms with Gasteiger partial charge in [-0.15, -0.1) is 0 Å². The summed E-state index contributed by atoms with van der Waals surface area (Å²) in [7, 11) is -1.60. The number of likely N-dealkylation sites (tertiary alicyclic amines) is 1. The lowest BCUT2D eigenvalue weighted by atomic mass is 10.1. The van der Waals surface area contributed by atoms with Crippen molar-refractivity contribution in [3.8, 4) is 0 Å². The van der Waals surface area contributed by atoms with Gasteiger partial charge in [0.05, 0.1) is 17.5 Å². The summed E-state index contributed by atoms with van der Waals surface area (Å²) in [5, 5.41) is 4.43. The molecule has 0 saturated carbocycles. The Hall–Kier alpha value is -1.12. The van der Waals surface area contributed by atoms with Crippen LogP contribution in [0.4, 0.5) is 0 Å². The van der Waals surface area contributed by atoms with E-state index in [-0.39, 0.29) is 11.9 Å². The van der Waals surface area contributed by atoms with Gasteiger partial charge in [-0.05, 0) is 19.8 Å². The Labute approximate surface area is 129 Å². The molecule has 1 saturated heterocycles. The first kappa shape index (κ1) is 16.3. The van der Waals surface area contributed by atoms with Gasteiger partial charge in [-0.1, -0.05) is 11.6 Å². The van der Waals surface area contributed by atoms with Gasteiger partial charge in [-0.3, -0.25) is 9.48 Å². The van der Waals surface area contributed by atoms with Gasteiger partial charge < -0.3 is 4.90 Å². The van der Waals surface area contributed by atoms with Gasteiger partial charge in [0.2, 0.25) is 10.0 Å². The van der Waals surface area contributed by atoms with Gasteiger partial charge >= 0.3 is 0 Å². The van der Waals surface area contributed by atoms with Gasteiger partial charge in [0.15, 0.2) is 0 Å². The van der Waals surface area contributed by atoms with Crippen molar-refractivity contribution in [2.45, 2.75) is 25.8 Å². The summed E-state index contributed by atoms with van der Waals surface area (Å²) in [6.07, 6.45) is 2.59. The van der Waals surface area contributed by atoms with Crippen LogP contribution in [0.2, 0.25) is 5.15 Å². The van der Waals surface area contributed by atoms with Crippen LogP contribution in [0.25, 0.3) is 0 Å². The van der Waals surface area contributed by atoms with E-state index in [1.54, 1.807) is 18.9 Å². The number of amides is 1. The van der Waals surface area contributed by atoms with Crippen molar-refractivity contribution in [2.75, 3.05) is 19.3 Å². The van der Waals surface area contributed by atoms with Gasteiger partial charge in [-0.25, -0.2) is 13.1 Å². The first-order valence-electron chi connectivity index (χ1n) is 6.64. The number of rotatable bonds is 3. The second-order valence-corrected chi connectivity index (χ2v) is 7.49. The molecule has 0 aliphatic carbocycles. The summed E-state index contributed by atoms with van der Waals surface area (Å²) >= 11 is 6.11. The first-order valence-corrected chi connectivity index (χ1v) is 8.91. The third-order valence-corrected chi connectivity index (χ3v) is 4.65. The van der Waals surface area contributed by atoms with E-state index in [9.17, 15) is 13.2 Å². The lowest BCUT2D eigenvalue weighted by molar-refractivity contribution is 0.0702. The highest BCUT2D eigenvalue weighted by atomic mass is 35.5. The third kappa shape index (κ3) is 3.75. The predicted molar refractivity (Wildman–Crippen MR) is 79.9 cm³/mol. The molecule has 0 aromatic carbocycles. The number of hydrogen-bond acceptors (Lipinski definition) is 4. The van der Waals surface area contributed by atoms with Gasteiger partial charge in [0.1, 0.15) is 5.15 Å². The minimum atomic E-state index is -3.28. The highest BCUT2D eigenvalue weighted by Gasteiger charge is 2.29. The maximum absolute atomic E-state index is 12.6. The fraction of sp³-hybridized carbons (Fsp3) is 0.667. The molecular weight excluding hydrogens is 316 g/mol. The molecule has 2 rings (SSSR count). The number of halogens is 1. The molecule has 1 aromatic heterocycles. The summed E-state index contributed by atoms with van der Waals surface area (Å²) in [4.78, 5) is 14.2. The molecule has 21 heavy (non-hydrogen) atoms. The molecule has 1 amide bonds. The summed E-state index contributed by atoms with van der Waals surface area (Å²) < 4.78 is 26.6. The molecule has 1 aliphatic rings. The van der Waals surface area contributed by atoms with E-state index in [2.05, 4.69) is 9.82 Å². The minimum absolute atomic E-state index is 0.203. The fourth-order valence-electron chi connectivity index (χ4n) is 2.59. The Balaban J connectivity index is 2.16. The monoisotopic (exact) mass is 334 g/mol. The van der Waals surface area contributed by atoms with Crippen LogP contribution in [0, 0.1) is 6.92 Å². The van der Waals surface area contributed by atoms with E-state index >= 15 is 0 Å². The van der Waals surface area contributed by atoms with Crippen LogP contribution >= 0.6 is 11.6 Å². The zero-order valence-corrected chi connectivity index (χ0v) is 13.8. The Kier molecular flexibility index (Phi) is 4.60. The molecule has 7 nitrogen and oxygen atoms in total. The summed E-state index contributed by atoms with van der Waals surface area (Å²) in [5.41, 5.74) is 0.963. The number of piperidine rings is 1. The van der Waals surface area contributed by atoms with E-state index in [0.29, 0.717) is 29.5 Å². The lowest BCUT2D eigenvalue weighted by Gasteiger charge is -2.32. The second-order valence-electron chi connectivity index (χ2n) is 5.36. The van der Waals surface area contributed by atoms with Crippen molar-refractivity contribution in [1.29, 1.82) is 0 Å². The molecular formula is C12H19ClN4O3S. The Morgan fingerprint density at radius 3 is 2.67 bits per heavy atom. The van der Waals surface area contributed by atoms with Crippen LogP contribution in [0.3, 0.4) is 0 Å². The molecule has 2 heterocycles. The molecule has 0 spiro atoms. The highest BCUT2D eigenvalue weighted by Crippen LogP contribution is 2.22. The van der Waals surface area contributed by atoms with Crippen molar-refractivity contribution in [3.63, 3.8) is 0 Å². The molecule has 1 aliphatic heterocycles. The quantitative estimate of drug-likeness (QED) is 0.874. The largest absolute Gasteiger partial charge is 0.337 e. The van der Waals surface area contributed by atoms with Crippen LogP contribution in [0.1, 0.15) is 28.9 Å². The molecule has 1 N–H and O–H groups in total. The van der Waals surface area contributed by atoms with Gasteiger partial charge in [-0.2, -0.15) is 5.10 Å². The predicted octanol–water partition coefficient (Wildman–Crippen LogP) is 0.536. The average molecular weight is 335 g/mol. The van der Waals surface area contributed by atoms with E-state index in [4.69, 9.17) is 11.6 Å². The standard InChI is InChI=1S/C12H19ClN4O3S/c1-8-10(11(13)16(2)14-8)12(18)17-6-4-5-9(7-17)15-21(3,19)20/h9,15H,4-7H2,1-3H3/t9-/m0/s1. The molecule has 0 radical (unpaired) electrons. The summed E-state index contributed by atoms with van der Waals surface area (Å²) in [6.45, 7) is 2.66. The summed E-state index contributed by atoms with van der Waals surface area (Å²) in [6, 6.07) is -0.256. The normalized spacial score (nSPS) is 19.8. The van der Waals surface area contributed by atoms with Crippen molar-refractivity contribution in [2.24, 2.45) is 7.05 Å². The number of aromatic nitrogens is 2. The molecule has 9 heteroatoms. The van der Waals surface area contributed by atoms with Crippen LogP contribution in [0.15, 0.2) is 0 Å². The van der Waals surface area contributed by atoms with Gasteiger partial charge in [0, 0.05) is 26.2 Å². The smallest absolute Gasteiger partial charge is 0.258 e. The van der Waals surface area contributed by atoms with Crippen molar-refractivity contribution in [3.05, 3.63) is 16.4 Å². The second kappa shape index (κ2) is 5.94. The molecule has 1 fully saturated rings. The molecule has 0 unspecified atom stereocenters. The fourth-order valence-corrected chi connectivity index (χ4v) is 3.64. The lowest BCUT2D eigenvalue weighted by Crippen LogP contribution is -2.49. The third-order valence-electron chi connectivity index (χ3n) is 3.46. The number of nitrogens with zero attached hydrogens (tertiary/aromatic N) is 3. The summed E-state index contributed by atoms with van der Waals surface area (Å²) in [5.74, 6) is -0.203. The van der Waals surface area contributed by atoms with Gasteiger partial charge in [0.25, 0.3) is 5.91 Å². The SMILES string of the molecule is Cc1nn(C)c(Cl)c1C(=O)N1CCC[C@H](NS(C)(=O)=O)C1. The molecule has 118 valence electrons. The van der Waals surface area contributed by atoms with E-state index in [1.165, 1.54) is 4.68 Å². The number of nitrogens with one attached hydrogen (secondary N) is 1. The maximum atomic E-state index is 12.6. The zero-order chi connectivity index (χ0) is 15.8. The molecule has 1 aromatic rings. The first-order chi connectivity index (χ1) is 9.69. The maximum Gasteiger partial charge on any atom is 0.258 e. The number of carbonyl (C=O) groups excluding carboxylic acids is 1. The number of sulfonamides is 1. The molecule has 1 atom stereocenters. The van der Waals surface area contributed by atoms with Crippen molar-refractivity contribution < 1.29 is 13.2 Å². The average Bonchev–Trinajstić information content (AvgIpc) is 2.61. The van der Waals surface area contributed by atoms with Crippen molar-refractivity contribution in [1.82, 2.24) is 19.4 Å². The Bertz CT molecular complexity index is 656. The number of aryl methyl sites for hydroxylation is 2. The Morgan fingerprint density at radius 2 is 2.14 bits per heavy atom. The van der Waals surface area contributed by atoms with E-state index < -0.39 is 10.0 Å². The van der Waals surface area contributed by atoms with Crippen LogP contribution in [-0.2, 0) is 17.1 Å².